The summed E-state index contributed by atoms with van der Waals surface area (Å²) in [5, 5.41) is 0.474. The number of rotatable bonds is 2. The number of aliphatic imine (C=N–C) groups is 1. The van der Waals surface area contributed by atoms with Crippen molar-refractivity contribution in [2.45, 2.75) is 6.92 Å². The van der Waals surface area contributed by atoms with Gasteiger partial charge in [-0.05, 0) is 13.0 Å². The number of pyridine rings is 1. The Hall–Kier alpha value is -2.17. The normalized spacial score (nSPS) is 12.8. The number of aromatic nitrogens is 2. The molecule has 0 unspecified atom stereocenters. The predicted octanol–water partition coefficient (Wildman–Crippen LogP) is 2.05. The maximum absolute atomic E-state index is 13.3. The largest absolute Gasteiger partial charge is 0.396 e. The molecule has 82 valence electrons. The summed E-state index contributed by atoms with van der Waals surface area (Å²) in [5.41, 5.74) is 7.28. The second kappa shape index (κ2) is 4.14. The van der Waals surface area contributed by atoms with Gasteiger partial charge in [0.15, 0.2) is 5.82 Å². The molecule has 2 aromatic rings. The minimum atomic E-state index is -0.369. The summed E-state index contributed by atoms with van der Waals surface area (Å²) in [5.74, 6) is -0.369. The molecule has 0 aliphatic rings. The first kappa shape index (κ1) is 10.4. The summed E-state index contributed by atoms with van der Waals surface area (Å²) < 4.78 is 13.3. The topological polar surface area (TPSA) is 67.1 Å². The Morgan fingerprint density at radius 2 is 2.44 bits per heavy atom. The average molecular weight is 218 g/mol. The minimum Gasteiger partial charge on any atom is -0.396 e. The van der Waals surface area contributed by atoms with Crippen molar-refractivity contribution in [3.05, 3.63) is 36.2 Å². The highest BCUT2D eigenvalue weighted by molar-refractivity contribution is 5.89. The number of nitrogens with one attached hydrogen (secondary N) is 1. The molecule has 0 radical (unpaired) electrons. The highest BCUT2D eigenvalue weighted by atomic mass is 19.1. The summed E-state index contributed by atoms with van der Waals surface area (Å²) in [6.45, 7) is 1.78. The highest BCUT2D eigenvalue weighted by Gasteiger charge is 2.09. The number of fused-ring (bicyclic) bond motifs is 1. The third-order valence-corrected chi connectivity index (χ3v) is 2.18. The molecule has 2 aromatic heterocycles. The van der Waals surface area contributed by atoms with Gasteiger partial charge in [-0.2, -0.15) is 0 Å². The summed E-state index contributed by atoms with van der Waals surface area (Å²) in [4.78, 5) is 10.8. The number of hydrogen-bond donors (Lipinski definition) is 2. The van der Waals surface area contributed by atoms with Gasteiger partial charge in [0.05, 0.1) is 23.6 Å². The van der Waals surface area contributed by atoms with Crippen LogP contribution in [0.3, 0.4) is 0 Å². The van der Waals surface area contributed by atoms with Gasteiger partial charge in [-0.3, -0.25) is 4.99 Å². The Kier molecular flexibility index (Phi) is 2.68. The van der Waals surface area contributed by atoms with Gasteiger partial charge in [0, 0.05) is 17.8 Å². The number of H-pyrrole nitrogens is 1. The lowest BCUT2D eigenvalue weighted by Gasteiger charge is -2.02. The standard InChI is InChI=1S/C11H11FN4/c1-2-14-6-9(13)11-10-7(3-4-15-10)8(12)5-16-11/h2-6,15H,13H2,1H3/b9-6-,14-2?. The quantitative estimate of drug-likeness (QED) is 0.757. The molecule has 5 heteroatoms. The van der Waals surface area contributed by atoms with E-state index in [0.29, 0.717) is 22.3 Å². The third-order valence-electron chi connectivity index (χ3n) is 2.18. The minimum absolute atomic E-state index is 0.369. The zero-order valence-corrected chi connectivity index (χ0v) is 8.74. The van der Waals surface area contributed by atoms with Gasteiger partial charge in [0.1, 0.15) is 5.69 Å². The van der Waals surface area contributed by atoms with Crippen molar-refractivity contribution in [2.75, 3.05) is 0 Å². The summed E-state index contributed by atoms with van der Waals surface area (Å²) in [7, 11) is 0. The van der Waals surface area contributed by atoms with Crippen LogP contribution >= 0.6 is 0 Å². The molecule has 2 rings (SSSR count). The van der Waals surface area contributed by atoms with Gasteiger partial charge < -0.3 is 10.7 Å². The first-order valence-corrected chi connectivity index (χ1v) is 4.79. The van der Waals surface area contributed by atoms with E-state index in [1.807, 2.05) is 0 Å². The van der Waals surface area contributed by atoms with E-state index in [1.54, 1.807) is 25.4 Å². The first-order valence-electron chi connectivity index (χ1n) is 4.79. The molecule has 0 aromatic carbocycles. The van der Waals surface area contributed by atoms with Crippen LogP contribution in [0.15, 0.2) is 29.7 Å². The fourth-order valence-corrected chi connectivity index (χ4v) is 1.45. The van der Waals surface area contributed by atoms with E-state index < -0.39 is 0 Å². The van der Waals surface area contributed by atoms with Crippen LogP contribution in [0.5, 0.6) is 0 Å². The van der Waals surface area contributed by atoms with Gasteiger partial charge >= 0.3 is 0 Å². The molecule has 0 spiro atoms. The lowest BCUT2D eigenvalue weighted by molar-refractivity contribution is 0.634. The molecule has 0 fully saturated rings. The van der Waals surface area contributed by atoms with Crippen molar-refractivity contribution < 1.29 is 4.39 Å². The van der Waals surface area contributed by atoms with Gasteiger partial charge in [-0.25, -0.2) is 9.37 Å². The fourth-order valence-electron chi connectivity index (χ4n) is 1.45. The van der Waals surface area contributed by atoms with Gasteiger partial charge in [-0.1, -0.05) is 0 Å². The van der Waals surface area contributed by atoms with Crippen LogP contribution < -0.4 is 5.73 Å². The number of nitrogens with two attached hydrogens (primary N) is 1. The van der Waals surface area contributed by atoms with Gasteiger partial charge in [-0.15, -0.1) is 0 Å². The SMILES string of the molecule is CC=N/C=C(\N)c1ncc(F)c2cc[nH]c12. The van der Waals surface area contributed by atoms with Crippen LogP contribution in [0.25, 0.3) is 16.6 Å². The monoisotopic (exact) mass is 218 g/mol. The Balaban J connectivity index is 2.61. The molecule has 2 heterocycles. The van der Waals surface area contributed by atoms with E-state index in [2.05, 4.69) is 15.0 Å². The summed E-state index contributed by atoms with van der Waals surface area (Å²) >= 11 is 0. The molecule has 0 aliphatic carbocycles. The van der Waals surface area contributed by atoms with Crippen LogP contribution in [0.1, 0.15) is 12.6 Å². The average Bonchev–Trinajstić information content (AvgIpc) is 2.76. The van der Waals surface area contributed by atoms with Crippen LogP contribution in [-0.2, 0) is 0 Å². The van der Waals surface area contributed by atoms with Gasteiger partial charge in [0.2, 0.25) is 0 Å². The second-order valence-electron chi connectivity index (χ2n) is 3.21. The van der Waals surface area contributed by atoms with E-state index in [9.17, 15) is 4.39 Å². The third kappa shape index (κ3) is 1.67. The Bertz CT molecular complexity index is 568. The smallest absolute Gasteiger partial charge is 0.150 e. The van der Waals surface area contributed by atoms with Crippen LogP contribution in [-0.4, -0.2) is 16.2 Å². The Morgan fingerprint density at radius 3 is 3.19 bits per heavy atom. The fraction of sp³-hybridized carbons (Fsp3) is 0.0909. The van der Waals surface area contributed by atoms with Crippen molar-refractivity contribution in [3.8, 4) is 0 Å². The molecule has 0 atom stereocenters. The number of aromatic amines is 1. The molecule has 0 aliphatic heterocycles. The zero-order valence-electron chi connectivity index (χ0n) is 8.74. The second-order valence-corrected chi connectivity index (χ2v) is 3.21. The molecule has 4 nitrogen and oxygen atoms in total. The van der Waals surface area contributed by atoms with Crippen LogP contribution in [0, 0.1) is 5.82 Å². The lowest BCUT2D eigenvalue weighted by Crippen LogP contribution is -2.00. The van der Waals surface area contributed by atoms with E-state index in [-0.39, 0.29) is 5.82 Å². The van der Waals surface area contributed by atoms with Crippen LogP contribution in [0.2, 0.25) is 0 Å². The van der Waals surface area contributed by atoms with Crippen molar-refractivity contribution in [1.82, 2.24) is 9.97 Å². The van der Waals surface area contributed by atoms with Gasteiger partial charge in [0.25, 0.3) is 0 Å². The highest BCUT2D eigenvalue weighted by Crippen LogP contribution is 2.21. The van der Waals surface area contributed by atoms with E-state index in [4.69, 9.17) is 5.73 Å². The molecule has 0 bridgehead atoms. The van der Waals surface area contributed by atoms with E-state index >= 15 is 0 Å². The maximum Gasteiger partial charge on any atom is 0.150 e. The van der Waals surface area contributed by atoms with E-state index in [0.717, 1.165) is 6.20 Å². The maximum atomic E-state index is 13.3. The zero-order chi connectivity index (χ0) is 11.5. The van der Waals surface area contributed by atoms with Crippen molar-refractivity contribution >= 4 is 22.8 Å². The summed E-state index contributed by atoms with van der Waals surface area (Å²) in [6.07, 6.45) is 5.90. The van der Waals surface area contributed by atoms with Crippen LogP contribution in [0.4, 0.5) is 4.39 Å². The van der Waals surface area contributed by atoms with Crippen molar-refractivity contribution in [1.29, 1.82) is 0 Å². The molecule has 0 saturated heterocycles. The molecule has 16 heavy (non-hydrogen) atoms. The molecular weight excluding hydrogens is 207 g/mol. The number of halogens is 1. The Morgan fingerprint density at radius 1 is 1.62 bits per heavy atom. The van der Waals surface area contributed by atoms with Crippen molar-refractivity contribution in [3.63, 3.8) is 0 Å². The molecule has 3 N–H and O–H groups in total. The number of hydrogen-bond acceptors (Lipinski definition) is 3. The molecule has 0 saturated carbocycles. The predicted molar refractivity (Wildman–Crippen MR) is 62.4 cm³/mol. The number of nitrogens with zero attached hydrogens (tertiary/aromatic N) is 2. The first-order chi connectivity index (χ1) is 7.74. The summed E-state index contributed by atoms with van der Waals surface area (Å²) in [6, 6.07) is 1.65. The molecular formula is C11H11FN4. The Labute approximate surface area is 91.7 Å². The van der Waals surface area contributed by atoms with Crippen molar-refractivity contribution in [2.24, 2.45) is 10.7 Å². The molecule has 0 amide bonds. The lowest BCUT2D eigenvalue weighted by atomic mass is 10.2. The van der Waals surface area contributed by atoms with E-state index in [1.165, 1.54) is 6.20 Å².